The number of thiocarbonyl (C=S) groups is 1. The van der Waals surface area contributed by atoms with Crippen LogP contribution >= 0.6 is 46.7 Å². The third-order valence-corrected chi connectivity index (χ3v) is 7.33. The lowest BCUT2D eigenvalue weighted by Gasteiger charge is -2.13. The van der Waals surface area contributed by atoms with Gasteiger partial charge in [-0.05, 0) is 36.3 Å². The number of thioether (sulfide) groups is 1. The molecule has 1 saturated heterocycles. The standard InChI is InChI=1S/C20H24N4O2S4/c1-13(2)11-17-22-23-19(30-17)21-16(25)8-4-3-5-9-24-18(26)15(29-20(24)27)12-14-7-6-10-28-14/h6-7,10,12-13H,3-5,8-9,11H2,1-2H3,(H,21,23,25)/b15-12-. The van der Waals surface area contributed by atoms with Gasteiger partial charge < -0.3 is 5.32 Å². The lowest BCUT2D eigenvalue weighted by molar-refractivity contribution is -0.122. The van der Waals surface area contributed by atoms with Gasteiger partial charge in [0.05, 0.1) is 4.91 Å². The molecule has 6 nitrogen and oxygen atoms in total. The van der Waals surface area contributed by atoms with E-state index in [0.29, 0.717) is 33.2 Å². The van der Waals surface area contributed by atoms with Crippen molar-refractivity contribution >= 4 is 74.0 Å². The van der Waals surface area contributed by atoms with Gasteiger partial charge in [0.15, 0.2) is 0 Å². The molecule has 1 aliphatic rings. The molecule has 0 spiro atoms. The van der Waals surface area contributed by atoms with E-state index < -0.39 is 0 Å². The zero-order valence-corrected chi connectivity index (χ0v) is 20.2. The summed E-state index contributed by atoms with van der Waals surface area (Å²) in [5.41, 5.74) is 0. The zero-order chi connectivity index (χ0) is 21.5. The summed E-state index contributed by atoms with van der Waals surface area (Å²) in [6.45, 7) is 4.84. The molecule has 0 radical (unpaired) electrons. The van der Waals surface area contributed by atoms with Crippen molar-refractivity contribution in [1.82, 2.24) is 15.1 Å². The molecule has 160 valence electrons. The molecule has 3 rings (SSSR count). The lowest BCUT2D eigenvalue weighted by Crippen LogP contribution is -2.29. The molecule has 30 heavy (non-hydrogen) atoms. The molecule has 1 fully saturated rings. The van der Waals surface area contributed by atoms with Crippen LogP contribution in [0.1, 0.15) is 49.4 Å². The Bertz CT molecular complexity index is 921. The van der Waals surface area contributed by atoms with Crippen molar-refractivity contribution in [3.8, 4) is 0 Å². The molecule has 0 aromatic carbocycles. The van der Waals surface area contributed by atoms with Gasteiger partial charge in [0, 0.05) is 24.3 Å². The number of thiophene rings is 1. The van der Waals surface area contributed by atoms with Gasteiger partial charge >= 0.3 is 0 Å². The smallest absolute Gasteiger partial charge is 0.266 e. The van der Waals surface area contributed by atoms with Crippen molar-refractivity contribution < 1.29 is 9.59 Å². The normalized spacial score (nSPS) is 15.6. The fourth-order valence-electron chi connectivity index (χ4n) is 2.85. The lowest BCUT2D eigenvalue weighted by atomic mass is 10.1. The van der Waals surface area contributed by atoms with Gasteiger partial charge in [-0.2, -0.15) is 0 Å². The largest absolute Gasteiger partial charge is 0.301 e. The molecule has 1 N–H and O–H groups in total. The highest BCUT2D eigenvalue weighted by Gasteiger charge is 2.31. The predicted octanol–water partition coefficient (Wildman–Crippen LogP) is 5.20. The molecule has 3 heterocycles. The third kappa shape index (κ3) is 6.69. The Morgan fingerprint density at radius 2 is 2.13 bits per heavy atom. The molecule has 0 atom stereocenters. The maximum atomic E-state index is 12.6. The van der Waals surface area contributed by atoms with Crippen LogP contribution in [0.3, 0.4) is 0 Å². The van der Waals surface area contributed by atoms with Gasteiger partial charge in [0.25, 0.3) is 5.91 Å². The van der Waals surface area contributed by atoms with Crippen molar-refractivity contribution in [2.75, 3.05) is 11.9 Å². The van der Waals surface area contributed by atoms with Crippen molar-refractivity contribution in [1.29, 1.82) is 0 Å². The van der Waals surface area contributed by atoms with E-state index in [0.717, 1.165) is 35.6 Å². The second-order valence-corrected chi connectivity index (χ2v) is 11.0. The summed E-state index contributed by atoms with van der Waals surface area (Å²) in [6.07, 6.45) is 5.60. The Kier molecular flexibility index (Phi) is 8.55. The summed E-state index contributed by atoms with van der Waals surface area (Å²) >= 11 is 9.75. The molecule has 1 aliphatic heterocycles. The predicted molar refractivity (Wildman–Crippen MR) is 130 cm³/mol. The van der Waals surface area contributed by atoms with E-state index in [1.807, 2.05) is 23.6 Å². The fourth-order valence-corrected chi connectivity index (χ4v) is 5.84. The number of carbonyl (C=O) groups excluding carboxylic acids is 2. The van der Waals surface area contributed by atoms with Gasteiger partial charge in [-0.25, -0.2) is 0 Å². The Hall–Kier alpha value is -1.62. The molecular formula is C20H24N4O2S4. The van der Waals surface area contributed by atoms with E-state index in [1.165, 1.54) is 23.1 Å². The Morgan fingerprint density at radius 1 is 1.30 bits per heavy atom. The second kappa shape index (κ2) is 11.1. The molecule has 0 aliphatic carbocycles. The fraction of sp³-hybridized carbons (Fsp3) is 0.450. The summed E-state index contributed by atoms with van der Waals surface area (Å²) in [7, 11) is 0. The van der Waals surface area contributed by atoms with E-state index in [4.69, 9.17) is 12.2 Å². The van der Waals surface area contributed by atoms with Crippen molar-refractivity contribution in [3.05, 3.63) is 32.3 Å². The highest BCUT2D eigenvalue weighted by Crippen LogP contribution is 2.33. The SMILES string of the molecule is CC(C)Cc1nnc(NC(=O)CCCCCN2C(=O)/C(=C/c3cccs3)SC2=S)s1. The first-order valence-electron chi connectivity index (χ1n) is 9.83. The van der Waals surface area contributed by atoms with Crippen LogP contribution in [0, 0.1) is 5.92 Å². The number of anilines is 1. The van der Waals surface area contributed by atoms with Gasteiger partial charge in [0.2, 0.25) is 11.0 Å². The molecule has 2 aromatic rings. The maximum Gasteiger partial charge on any atom is 0.266 e. The van der Waals surface area contributed by atoms with Crippen molar-refractivity contribution in [3.63, 3.8) is 0 Å². The molecule has 2 amide bonds. The minimum atomic E-state index is -0.0493. The number of carbonyl (C=O) groups is 2. The van der Waals surface area contributed by atoms with Crippen LogP contribution in [-0.2, 0) is 16.0 Å². The van der Waals surface area contributed by atoms with E-state index in [1.54, 1.807) is 16.2 Å². The molecule has 0 bridgehead atoms. The maximum absolute atomic E-state index is 12.6. The monoisotopic (exact) mass is 480 g/mol. The number of hydrogen-bond donors (Lipinski definition) is 1. The van der Waals surface area contributed by atoms with E-state index >= 15 is 0 Å². The number of hydrogen-bond acceptors (Lipinski definition) is 8. The quantitative estimate of drug-likeness (QED) is 0.286. The molecule has 10 heteroatoms. The van der Waals surface area contributed by atoms with Crippen molar-refractivity contribution in [2.24, 2.45) is 5.92 Å². The molecule has 0 unspecified atom stereocenters. The summed E-state index contributed by atoms with van der Waals surface area (Å²) in [5.74, 6) is 0.439. The first-order valence-corrected chi connectivity index (χ1v) is 12.8. The number of aromatic nitrogens is 2. The zero-order valence-electron chi connectivity index (χ0n) is 16.9. The summed E-state index contributed by atoms with van der Waals surface area (Å²) in [4.78, 5) is 28.0. The first-order chi connectivity index (χ1) is 14.4. The minimum Gasteiger partial charge on any atom is -0.301 e. The average Bonchev–Trinajstić information content (AvgIpc) is 3.40. The molecular weight excluding hydrogens is 457 g/mol. The van der Waals surface area contributed by atoms with Crippen LogP contribution in [-0.4, -0.2) is 37.8 Å². The van der Waals surface area contributed by atoms with Crippen LogP contribution in [0.15, 0.2) is 22.4 Å². The van der Waals surface area contributed by atoms with Gasteiger partial charge in [-0.15, -0.1) is 21.5 Å². The Labute approximate surface area is 194 Å². The highest BCUT2D eigenvalue weighted by molar-refractivity contribution is 8.26. The first kappa shape index (κ1) is 23.1. The second-order valence-electron chi connectivity index (χ2n) is 7.31. The van der Waals surface area contributed by atoms with Crippen LogP contribution in [0.5, 0.6) is 0 Å². The number of rotatable bonds is 10. The molecule has 2 aromatic heterocycles. The van der Waals surface area contributed by atoms with Crippen LogP contribution in [0.4, 0.5) is 5.13 Å². The summed E-state index contributed by atoms with van der Waals surface area (Å²) in [6, 6.07) is 3.94. The van der Waals surface area contributed by atoms with Crippen LogP contribution < -0.4 is 5.32 Å². The number of unbranched alkanes of at least 4 members (excludes halogenated alkanes) is 2. The van der Waals surface area contributed by atoms with E-state index in [2.05, 4.69) is 29.4 Å². The van der Waals surface area contributed by atoms with Gasteiger partial charge in [-0.3, -0.25) is 14.5 Å². The Morgan fingerprint density at radius 3 is 2.87 bits per heavy atom. The van der Waals surface area contributed by atoms with Crippen LogP contribution in [0.2, 0.25) is 0 Å². The number of nitrogens with zero attached hydrogens (tertiary/aromatic N) is 3. The highest BCUT2D eigenvalue weighted by atomic mass is 32.2. The summed E-state index contributed by atoms with van der Waals surface area (Å²) in [5, 5.41) is 14.4. The topological polar surface area (TPSA) is 75.2 Å². The van der Waals surface area contributed by atoms with Crippen molar-refractivity contribution in [2.45, 2.75) is 46.0 Å². The van der Waals surface area contributed by atoms with Crippen LogP contribution in [0.25, 0.3) is 6.08 Å². The number of amides is 2. The Balaban J connectivity index is 1.36. The van der Waals surface area contributed by atoms with Gasteiger partial charge in [0.1, 0.15) is 9.33 Å². The van der Waals surface area contributed by atoms with Gasteiger partial charge in [-0.1, -0.05) is 61.7 Å². The number of nitrogens with one attached hydrogen (secondary N) is 1. The minimum absolute atomic E-state index is 0.0235. The average molecular weight is 481 g/mol. The third-order valence-electron chi connectivity index (χ3n) is 4.27. The summed E-state index contributed by atoms with van der Waals surface area (Å²) < 4.78 is 0.606. The van der Waals surface area contributed by atoms with E-state index in [-0.39, 0.29) is 11.8 Å². The van der Waals surface area contributed by atoms with E-state index in [9.17, 15) is 9.59 Å². The molecule has 0 saturated carbocycles.